The number of nitrogens with zero attached hydrogens (tertiary/aromatic N) is 3. The summed E-state index contributed by atoms with van der Waals surface area (Å²) < 4.78 is 0.992. The molecule has 0 saturated carbocycles. The lowest BCUT2D eigenvalue weighted by molar-refractivity contribution is 1.37. The normalized spacial score (nSPS) is 8.91. The molecule has 0 unspecified atom stereocenters. The second-order valence-corrected chi connectivity index (χ2v) is 3.04. The van der Waals surface area contributed by atoms with E-state index in [1.54, 1.807) is 6.07 Å². The third kappa shape index (κ3) is 1.97. The van der Waals surface area contributed by atoms with Gasteiger partial charge in [0.15, 0.2) is 0 Å². The van der Waals surface area contributed by atoms with Crippen molar-refractivity contribution in [1.82, 2.24) is 0 Å². The van der Waals surface area contributed by atoms with Crippen LogP contribution in [0.5, 0.6) is 0 Å². The van der Waals surface area contributed by atoms with Gasteiger partial charge in [-0.2, -0.15) is 0 Å². The molecule has 4 heteroatoms. The number of benzene rings is 1. The van der Waals surface area contributed by atoms with Gasteiger partial charge in [-0.05, 0) is 30.2 Å². The second-order valence-electron chi connectivity index (χ2n) is 2.12. The van der Waals surface area contributed by atoms with Crippen molar-refractivity contribution in [3.8, 4) is 0 Å². The molecule has 0 bridgehead atoms. The molecular weight excluding hydrogens is 206 g/mol. The van der Waals surface area contributed by atoms with E-state index >= 15 is 0 Å². The molecule has 0 aromatic heterocycles. The quantitative estimate of drug-likeness (QED) is 0.387. The van der Waals surface area contributed by atoms with E-state index in [0.717, 1.165) is 10.0 Å². The van der Waals surface area contributed by atoms with E-state index in [4.69, 9.17) is 5.53 Å². The van der Waals surface area contributed by atoms with Crippen LogP contribution in [-0.4, -0.2) is 0 Å². The molecule has 0 fully saturated rings. The van der Waals surface area contributed by atoms with Crippen molar-refractivity contribution in [2.24, 2.45) is 5.11 Å². The Labute approximate surface area is 72.8 Å². The molecule has 0 radical (unpaired) electrons. The summed E-state index contributed by atoms with van der Waals surface area (Å²) in [5.74, 6) is 0. The van der Waals surface area contributed by atoms with Gasteiger partial charge in [-0.3, -0.25) is 0 Å². The minimum absolute atomic E-state index is 0.677. The Hall–Kier alpha value is -0.990. The average molecular weight is 212 g/mol. The summed E-state index contributed by atoms with van der Waals surface area (Å²) in [7, 11) is 0. The monoisotopic (exact) mass is 211 g/mol. The fourth-order valence-corrected chi connectivity index (χ4v) is 1.25. The van der Waals surface area contributed by atoms with Gasteiger partial charge in [0.25, 0.3) is 0 Å². The lowest BCUT2D eigenvalue weighted by Gasteiger charge is -1.97. The highest BCUT2D eigenvalue weighted by molar-refractivity contribution is 9.10. The zero-order chi connectivity index (χ0) is 8.27. The van der Waals surface area contributed by atoms with Gasteiger partial charge < -0.3 is 0 Å². The Kier molecular flexibility index (Phi) is 2.52. The molecule has 11 heavy (non-hydrogen) atoms. The van der Waals surface area contributed by atoms with Crippen molar-refractivity contribution in [3.63, 3.8) is 0 Å². The van der Waals surface area contributed by atoms with E-state index in [1.807, 2.05) is 19.1 Å². The van der Waals surface area contributed by atoms with Crippen LogP contribution < -0.4 is 0 Å². The molecule has 0 N–H and O–H groups in total. The van der Waals surface area contributed by atoms with Gasteiger partial charge in [0.05, 0.1) is 0 Å². The smallest absolute Gasteiger partial charge is 0.0405 e. The summed E-state index contributed by atoms with van der Waals surface area (Å²) >= 11 is 3.31. The lowest BCUT2D eigenvalue weighted by Crippen LogP contribution is -1.72. The van der Waals surface area contributed by atoms with Crippen molar-refractivity contribution in [1.29, 1.82) is 0 Å². The van der Waals surface area contributed by atoms with Crippen LogP contribution in [0.1, 0.15) is 5.56 Å². The molecule has 0 spiro atoms. The number of hydrogen-bond donors (Lipinski definition) is 0. The van der Waals surface area contributed by atoms with E-state index in [1.165, 1.54) is 0 Å². The maximum atomic E-state index is 8.16. The van der Waals surface area contributed by atoms with Crippen molar-refractivity contribution in [3.05, 3.63) is 38.7 Å². The third-order valence-electron chi connectivity index (χ3n) is 1.31. The molecule has 1 aromatic rings. The van der Waals surface area contributed by atoms with Crippen LogP contribution in [0.4, 0.5) is 5.69 Å². The molecule has 0 aliphatic carbocycles. The first-order valence-electron chi connectivity index (χ1n) is 3.05. The predicted octanol–water partition coefficient (Wildman–Crippen LogP) is 3.70. The molecular formula is C7H6BrN3. The van der Waals surface area contributed by atoms with Gasteiger partial charge in [-0.1, -0.05) is 27.1 Å². The summed E-state index contributed by atoms with van der Waals surface area (Å²) in [6.45, 7) is 1.90. The number of hydrogen-bond acceptors (Lipinski definition) is 1. The van der Waals surface area contributed by atoms with Crippen molar-refractivity contribution in [2.75, 3.05) is 0 Å². The van der Waals surface area contributed by atoms with E-state index in [-0.39, 0.29) is 0 Å². The van der Waals surface area contributed by atoms with Gasteiger partial charge in [0.2, 0.25) is 0 Å². The van der Waals surface area contributed by atoms with E-state index < -0.39 is 0 Å². The van der Waals surface area contributed by atoms with Gasteiger partial charge in [0, 0.05) is 15.1 Å². The zero-order valence-corrected chi connectivity index (χ0v) is 7.54. The lowest BCUT2D eigenvalue weighted by atomic mass is 10.2. The average Bonchev–Trinajstić information content (AvgIpc) is 1.95. The maximum Gasteiger partial charge on any atom is 0.0405 e. The number of halogens is 1. The molecule has 56 valence electrons. The van der Waals surface area contributed by atoms with Crippen LogP contribution in [0, 0.1) is 6.92 Å². The van der Waals surface area contributed by atoms with Crippen LogP contribution >= 0.6 is 15.9 Å². The van der Waals surface area contributed by atoms with Crippen LogP contribution in [0.3, 0.4) is 0 Å². The van der Waals surface area contributed by atoms with Gasteiger partial charge in [-0.25, -0.2) is 0 Å². The molecule has 1 aromatic carbocycles. The van der Waals surface area contributed by atoms with E-state index in [0.29, 0.717) is 5.69 Å². The molecule has 0 saturated heterocycles. The number of rotatable bonds is 1. The SMILES string of the molecule is Cc1cc(Br)ccc1N=[N+]=[N-]. The van der Waals surface area contributed by atoms with E-state index in [9.17, 15) is 0 Å². The molecule has 0 aliphatic rings. The molecule has 0 heterocycles. The molecule has 0 atom stereocenters. The van der Waals surface area contributed by atoms with Gasteiger partial charge in [0.1, 0.15) is 0 Å². The third-order valence-corrected chi connectivity index (χ3v) is 1.80. The van der Waals surface area contributed by atoms with Gasteiger partial charge in [-0.15, -0.1) is 0 Å². The molecule has 0 aliphatic heterocycles. The highest BCUT2D eigenvalue weighted by atomic mass is 79.9. The highest BCUT2D eigenvalue weighted by Gasteiger charge is 1.94. The maximum absolute atomic E-state index is 8.16. The number of aryl methyl sites for hydroxylation is 1. The van der Waals surface area contributed by atoms with Crippen LogP contribution in [-0.2, 0) is 0 Å². The van der Waals surface area contributed by atoms with Gasteiger partial charge >= 0.3 is 0 Å². The highest BCUT2D eigenvalue weighted by Crippen LogP contribution is 2.22. The fraction of sp³-hybridized carbons (Fsp3) is 0.143. The molecule has 3 nitrogen and oxygen atoms in total. The standard InChI is InChI=1S/C7H6BrN3/c1-5-4-6(8)2-3-7(5)10-11-9/h2-4H,1H3. The number of azide groups is 1. The first-order valence-corrected chi connectivity index (χ1v) is 3.84. The van der Waals surface area contributed by atoms with Crippen LogP contribution in [0.2, 0.25) is 0 Å². The first kappa shape index (κ1) is 8.11. The Bertz CT molecular complexity index is 315. The second kappa shape index (κ2) is 3.42. The predicted molar refractivity (Wildman–Crippen MR) is 47.7 cm³/mol. The summed E-state index contributed by atoms with van der Waals surface area (Å²) in [6.07, 6.45) is 0. The first-order chi connectivity index (χ1) is 5.24. The summed E-state index contributed by atoms with van der Waals surface area (Å²) in [5, 5.41) is 3.51. The zero-order valence-electron chi connectivity index (χ0n) is 5.95. The van der Waals surface area contributed by atoms with Crippen LogP contribution in [0.15, 0.2) is 27.8 Å². The van der Waals surface area contributed by atoms with Crippen LogP contribution in [0.25, 0.3) is 10.4 Å². The topological polar surface area (TPSA) is 48.8 Å². The van der Waals surface area contributed by atoms with Crippen molar-refractivity contribution >= 4 is 21.6 Å². The van der Waals surface area contributed by atoms with Crippen molar-refractivity contribution < 1.29 is 0 Å². The minimum Gasteiger partial charge on any atom is -0.0605 e. The summed E-state index contributed by atoms with van der Waals surface area (Å²) in [4.78, 5) is 2.71. The van der Waals surface area contributed by atoms with E-state index in [2.05, 4.69) is 26.0 Å². The fourth-order valence-electron chi connectivity index (χ4n) is 0.779. The Balaban J connectivity index is 3.19. The summed E-state index contributed by atoms with van der Waals surface area (Å²) in [6, 6.07) is 5.53. The Morgan fingerprint density at radius 2 is 2.27 bits per heavy atom. The Morgan fingerprint density at radius 1 is 1.55 bits per heavy atom. The van der Waals surface area contributed by atoms with Crippen molar-refractivity contribution in [2.45, 2.75) is 6.92 Å². The molecule has 1 rings (SSSR count). The largest absolute Gasteiger partial charge is 0.0605 e. The molecule has 0 amide bonds. The minimum atomic E-state index is 0.677. The Morgan fingerprint density at radius 3 is 2.82 bits per heavy atom. The summed E-state index contributed by atoms with van der Waals surface area (Å²) in [5.41, 5.74) is 9.81.